The maximum atomic E-state index is 12.4. The van der Waals surface area contributed by atoms with Crippen molar-refractivity contribution in [1.82, 2.24) is 10.2 Å². The van der Waals surface area contributed by atoms with Gasteiger partial charge in [-0.2, -0.15) is 0 Å². The maximum Gasteiger partial charge on any atom is 0.224 e. The molecule has 3 rings (SSSR count). The van der Waals surface area contributed by atoms with Gasteiger partial charge in [0.05, 0.1) is 13.2 Å². The Morgan fingerprint density at radius 1 is 1.35 bits per heavy atom. The number of nitrogens with one attached hydrogen (secondary N) is 1. The van der Waals surface area contributed by atoms with E-state index in [0.29, 0.717) is 19.0 Å². The van der Waals surface area contributed by atoms with Crippen molar-refractivity contribution in [2.75, 3.05) is 44.8 Å². The molecule has 1 aromatic rings. The van der Waals surface area contributed by atoms with Crippen LogP contribution in [0.1, 0.15) is 24.8 Å². The predicted octanol–water partition coefficient (Wildman–Crippen LogP) is 1.62. The predicted molar refractivity (Wildman–Crippen MR) is 91.6 cm³/mol. The van der Waals surface area contributed by atoms with Crippen molar-refractivity contribution in [2.45, 2.75) is 31.8 Å². The lowest BCUT2D eigenvalue weighted by atomic mass is 10.1. The van der Waals surface area contributed by atoms with Gasteiger partial charge in [0, 0.05) is 44.8 Å². The summed E-state index contributed by atoms with van der Waals surface area (Å²) in [6.45, 7) is 5.09. The molecule has 0 aromatic heterocycles. The first-order valence-corrected chi connectivity index (χ1v) is 8.62. The summed E-state index contributed by atoms with van der Waals surface area (Å²) >= 11 is 0. The number of ether oxygens (including phenoxy) is 1. The van der Waals surface area contributed by atoms with Gasteiger partial charge in [0.15, 0.2) is 0 Å². The number of carbonyl (C=O) groups is 1. The number of hydrogen-bond acceptors (Lipinski definition) is 4. The highest BCUT2D eigenvalue weighted by atomic mass is 16.5. The molecule has 1 atom stereocenters. The van der Waals surface area contributed by atoms with Crippen LogP contribution >= 0.6 is 0 Å². The van der Waals surface area contributed by atoms with E-state index < -0.39 is 0 Å². The normalized spacial score (nSPS) is 21.4. The van der Waals surface area contributed by atoms with Gasteiger partial charge in [-0.15, -0.1) is 0 Å². The van der Waals surface area contributed by atoms with Gasteiger partial charge < -0.3 is 19.9 Å². The zero-order chi connectivity index (χ0) is 16.1. The third-order valence-corrected chi connectivity index (χ3v) is 4.76. The molecular weight excluding hydrogens is 290 g/mol. The Labute approximate surface area is 138 Å². The summed E-state index contributed by atoms with van der Waals surface area (Å²) in [7, 11) is 1.91. The second-order valence-corrected chi connectivity index (χ2v) is 6.48. The molecule has 1 N–H and O–H groups in total. The lowest BCUT2D eigenvalue weighted by molar-refractivity contribution is -0.130. The van der Waals surface area contributed by atoms with E-state index in [-0.39, 0.29) is 5.91 Å². The Balaban J connectivity index is 1.63. The van der Waals surface area contributed by atoms with E-state index in [9.17, 15) is 4.79 Å². The summed E-state index contributed by atoms with van der Waals surface area (Å²) in [5, 5.41) is 3.40. The van der Waals surface area contributed by atoms with E-state index in [2.05, 4.69) is 34.5 Å². The van der Waals surface area contributed by atoms with Gasteiger partial charge in [-0.25, -0.2) is 0 Å². The molecule has 1 unspecified atom stereocenters. The number of amides is 1. The summed E-state index contributed by atoms with van der Waals surface area (Å²) < 4.78 is 5.44. The molecule has 2 saturated heterocycles. The Bertz CT molecular complexity index is 523. The maximum absolute atomic E-state index is 12.4. The van der Waals surface area contributed by atoms with Crippen molar-refractivity contribution in [3.8, 4) is 0 Å². The van der Waals surface area contributed by atoms with Gasteiger partial charge in [-0.3, -0.25) is 4.79 Å². The van der Waals surface area contributed by atoms with Crippen LogP contribution in [-0.2, 0) is 16.1 Å². The SMILES string of the molecule is CN(Cc1ccccc1N1CCOCC1)C(=O)CC1CCCN1. The summed E-state index contributed by atoms with van der Waals surface area (Å²) in [4.78, 5) is 16.7. The average molecular weight is 317 g/mol. The van der Waals surface area contributed by atoms with Crippen LogP contribution in [-0.4, -0.2) is 56.7 Å². The highest BCUT2D eigenvalue weighted by Gasteiger charge is 2.21. The van der Waals surface area contributed by atoms with E-state index in [1.165, 1.54) is 17.7 Å². The third kappa shape index (κ3) is 4.24. The van der Waals surface area contributed by atoms with Gasteiger partial charge in [0.25, 0.3) is 0 Å². The molecule has 2 aliphatic rings. The van der Waals surface area contributed by atoms with E-state index in [0.717, 1.165) is 39.3 Å². The summed E-state index contributed by atoms with van der Waals surface area (Å²) in [5.41, 5.74) is 2.44. The van der Waals surface area contributed by atoms with Crippen molar-refractivity contribution in [3.05, 3.63) is 29.8 Å². The molecule has 0 aliphatic carbocycles. The Kier molecular flexibility index (Phi) is 5.51. The topological polar surface area (TPSA) is 44.8 Å². The van der Waals surface area contributed by atoms with Gasteiger partial charge in [0.2, 0.25) is 5.91 Å². The molecule has 2 fully saturated rings. The number of nitrogens with zero attached hydrogens (tertiary/aromatic N) is 2. The average Bonchev–Trinajstić information content (AvgIpc) is 3.09. The number of morpholine rings is 1. The van der Waals surface area contributed by atoms with E-state index in [1.54, 1.807) is 0 Å². The van der Waals surface area contributed by atoms with E-state index in [4.69, 9.17) is 4.74 Å². The largest absolute Gasteiger partial charge is 0.378 e. The number of para-hydroxylation sites is 1. The van der Waals surface area contributed by atoms with Crippen molar-refractivity contribution in [1.29, 1.82) is 0 Å². The molecule has 5 nitrogen and oxygen atoms in total. The molecule has 2 aliphatic heterocycles. The minimum absolute atomic E-state index is 0.223. The van der Waals surface area contributed by atoms with Gasteiger partial charge in [0.1, 0.15) is 0 Å². The summed E-state index contributed by atoms with van der Waals surface area (Å²) in [5.74, 6) is 0.223. The fourth-order valence-corrected chi connectivity index (χ4v) is 3.40. The van der Waals surface area contributed by atoms with Crippen molar-refractivity contribution < 1.29 is 9.53 Å². The van der Waals surface area contributed by atoms with Crippen molar-refractivity contribution in [3.63, 3.8) is 0 Å². The fourth-order valence-electron chi connectivity index (χ4n) is 3.40. The monoisotopic (exact) mass is 317 g/mol. The minimum atomic E-state index is 0.223. The number of anilines is 1. The Hall–Kier alpha value is -1.59. The molecule has 0 spiro atoms. The zero-order valence-electron chi connectivity index (χ0n) is 14.0. The lowest BCUT2D eigenvalue weighted by Gasteiger charge is -2.31. The Morgan fingerprint density at radius 3 is 2.87 bits per heavy atom. The molecule has 1 aromatic carbocycles. The second-order valence-electron chi connectivity index (χ2n) is 6.48. The molecular formula is C18H27N3O2. The van der Waals surface area contributed by atoms with E-state index >= 15 is 0 Å². The van der Waals surface area contributed by atoms with Crippen LogP contribution in [0.5, 0.6) is 0 Å². The molecule has 0 radical (unpaired) electrons. The van der Waals surface area contributed by atoms with Gasteiger partial charge in [-0.1, -0.05) is 18.2 Å². The molecule has 0 bridgehead atoms. The first kappa shape index (κ1) is 16.3. The molecule has 2 heterocycles. The van der Waals surface area contributed by atoms with Crippen LogP contribution in [0.4, 0.5) is 5.69 Å². The van der Waals surface area contributed by atoms with Crippen LogP contribution in [0.15, 0.2) is 24.3 Å². The van der Waals surface area contributed by atoms with Crippen LogP contribution in [0.3, 0.4) is 0 Å². The molecule has 1 amide bonds. The number of hydrogen-bond donors (Lipinski definition) is 1. The quantitative estimate of drug-likeness (QED) is 0.896. The van der Waals surface area contributed by atoms with E-state index in [1.807, 2.05) is 11.9 Å². The van der Waals surface area contributed by atoms with Gasteiger partial charge in [-0.05, 0) is 31.0 Å². The Morgan fingerprint density at radius 2 is 2.13 bits per heavy atom. The zero-order valence-corrected chi connectivity index (χ0v) is 14.0. The van der Waals surface area contributed by atoms with Crippen LogP contribution < -0.4 is 10.2 Å². The summed E-state index contributed by atoms with van der Waals surface area (Å²) in [6, 6.07) is 8.76. The fraction of sp³-hybridized carbons (Fsp3) is 0.611. The summed E-state index contributed by atoms with van der Waals surface area (Å²) in [6.07, 6.45) is 2.90. The molecule has 5 heteroatoms. The van der Waals surface area contributed by atoms with Crippen molar-refractivity contribution >= 4 is 11.6 Å². The first-order chi connectivity index (χ1) is 11.2. The first-order valence-electron chi connectivity index (χ1n) is 8.62. The van der Waals surface area contributed by atoms with Gasteiger partial charge >= 0.3 is 0 Å². The lowest BCUT2D eigenvalue weighted by Crippen LogP contribution is -2.37. The smallest absolute Gasteiger partial charge is 0.224 e. The molecule has 23 heavy (non-hydrogen) atoms. The number of carbonyl (C=O) groups excluding carboxylic acids is 1. The van der Waals surface area contributed by atoms with Crippen molar-refractivity contribution in [2.24, 2.45) is 0 Å². The van der Waals surface area contributed by atoms with Crippen LogP contribution in [0.2, 0.25) is 0 Å². The highest BCUT2D eigenvalue weighted by molar-refractivity contribution is 5.76. The number of benzene rings is 1. The molecule has 0 saturated carbocycles. The number of rotatable bonds is 5. The highest BCUT2D eigenvalue weighted by Crippen LogP contribution is 2.23. The van der Waals surface area contributed by atoms with Crippen LogP contribution in [0, 0.1) is 0 Å². The minimum Gasteiger partial charge on any atom is -0.378 e. The standard InChI is InChI=1S/C18H27N3O2/c1-20(18(22)13-16-6-4-8-19-16)14-15-5-2-3-7-17(15)21-9-11-23-12-10-21/h2-3,5,7,16,19H,4,6,8-14H2,1H3. The third-order valence-electron chi connectivity index (χ3n) is 4.76. The second kappa shape index (κ2) is 7.79. The molecule has 126 valence electrons. The van der Waals surface area contributed by atoms with Crippen LogP contribution in [0.25, 0.3) is 0 Å².